The lowest BCUT2D eigenvalue weighted by Gasteiger charge is -2.04. The summed E-state index contributed by atoms with van der Waals surface area (Å²) in [4.78, 5) is 20.8. The lowest BCUT2D eigenvalue weighted by molar-refractivity contribution is 0.104. The van der Waals surface area contributed by atoms with Gasteiger partial charge in [-0.15, -0.1) is 0 Å². The van der Waals surface area contributed by atoms with Gasteiger partial charge in [-0.25, -0.2) is 9.97 Å². The highest BCUT2D eigenvalue weighted by atomic mass is 16.5. The zero-order valence-electron chi connectivity index (χ0n) is 13.6. The lowest BCUT2D eigenvalue weighted by atomic mass is 10.1. The van der Waals surface area contributed by atoms with E-state index in [0.717, 1.165) is 11.1 Å². The van der Waals surface area contributed by atoms with Crippen molar-refractivity contribution in [3.8, 4) is 22.9 Å². The third-order valence-corrected chi connectivity index (χ3v) is 3.60. The summed E-state index contributed by atoms with van der Waals surface area (Å²) >= 11 is 0. The Kier molecular flexibility index (Phi) is 4.85. The standard InChI is InChI=1S/C20H16N2O3/c1-25-19-11-16(8-10-18(19)24)17(23)9-7-14-12-21-20(22-13-14)15-5-3-2-4-6-15/h2-13,24H,1H3/b9-7+. The predicted molar refractivity (Wildman–Crippen MR) is 95.5 cm³/mol. The molecule has 3 rings (SSSR count). The van der Waals surface area contributed by atoms with Crippen LogP contribution in [0.15, 0.2) is 67.0 Å². The topological polar surface area (TPSA) is 72.3 Å². The fraction of sp³-hybridized carbons (Fsp3) is 0.0500. The molecule has 0 aliphatic carbocycles. The smallest absolute Gasteiger partial charge is 0.185 e. The van der Waals surface area contributed by atoms with Crippen molar-refractivity contribution in [2.75, 3.05) is 7.11 Å². The third-order valence-electron chi connectivity index (χ3n) is 3.60. The molecule has 1 heterocycles. The van der Waals surface area contributed by atoms with Crippen LogP contribution >= 0.6 is 0 Å². The van der Waals surface area contributed by atoms with Gasteiger partial charge in [-0.05, 0) is 30.4 Å². The van der Waals surface area contributed by atoms with Crippen molar-refractivity contribution in [3.05, 3.63) is 78.1 Å². The van der Waals surface area contributed by atoms with Crippen LogP contribution in [-0.4, -0.2) is 28.0 Å². The van der Waals surface area contributed by atoms with Gasteiger partial charge in [0.05, 0.1) is 7.11 Å². The van der Waals surface area contributed by atoms with Crippen molar-refractivity contribution in [1.29, 1.82) is 0 Å². The van der Waals surface area contributed by atoms with Gasteiger partial charge < -0.3 is 9.84 Å². The van der Waals surface area contributed by atoms with Crippen molar-refractivity contribution in [2.24, 2.45) is 0 Å². The van der Waals surface area contributed by atoms with Gasteiger partial charge in [-0.3, -0.25) is 4.79 Å². The Bertz CT molecular complexity index is 904. The summed E-state index contributed by atoms with van der Waals surface area (Å²) in [6, 6.07) is 14.1. The largest absolute Gasteiger partial charge is 0.504 e. The monoisotopic (exact) mass is 332 g/mol. The number of phenols is 1. The first-order chi connectivity index (χ1) is 12.2. The molecule has 0 spiro atoms. The number of carbonyl (C=O) groups excluding carboxylic acids is 1. The number of rotatable bonds is 5. The molecule has 0 amide bonds. The number of phenolic OH excluding ortho intramolecular Hbond substituents is 1. The van der Waals surface area contributed by atoms with Gasteiger partial charge in [0.25, 0.3) is 0 Å². The molecule has 0 fully saturated rings. The van der Waals surface area contributed by atoms with Crippen LogP contribution in [-0.2, 0) is 0 Å². The van der Waals surface area contributed by atoms with E-state index >= 15 is 0 Å². The molecule has 2 aromatic carbocycles. The molecule has 0 atom stereocenters. The molecule has 25 heavy (non-hydrogen) atoms. The van der Waals surface area contributed by atoms with E-state index in [2.05, 4.69) is 9.97 Å². The van der Waals surface area contributed by atoms with E-state index < -0.39 is 0 Å². The van der Waals surface area contributed by atoms with Gasteiger partial charge in [0.2, 0.25) is 0 Å². The quantitative estimate of drug-likeness (QED) is 0.569. The van der Waals surface area contributed by atoms with E-state index in [1.165, 1.54) is 25.3 Å². The van der Waals surface area contributed by atoms with Gasteiger partial charge in [-0.2, -0.15) is 0 Å². The molecule has 5 heteroatoms. The Hall–Kier alpha value is -3.47. The van der Waals surface area contributed by atoms with Gasteiger partial charge in [-0.1, -0.05) is 30.3 Å². The molecule has 1 aromatic heterocycles. The Morgan fingerprint density at radius 2 is 1.80 bits per heavy atom. The maximum atomic E-state index is 12.2. The molecule has 0 radical (unpaired) electrons. The van der Waals surface area contributed by atoms with Crippen LogP contribution in [0.1, 0.15) is 15.9 Å². The molecule has 5 nitrogen and oxygen atoms in total. The molecule has 0 bridgehead atoms. The van der Waals surface area contributed by atoms with Gasteiger partial charge in [0.1, 0.15) is 0 Å². The summed E-state index contributed by atoms with van der Waals surface area (Å²) in [6.07, 6.45) is 6.41. The molecule has 0 aliphatic heterocycles. The number of carbonyl (C=O) groups is 1. The van der Waals surface area contributed by atoms with Gasteiger partial charge in [0, 0.05) is 29.1 Å². The average molecular weight is 332 g/mol. The first-order valence-electron chi connectivity index (χ1n) is 7.64. The van der Waals surface area contributed by atoms with E-state index in [1.54, 1.807) is 24.5 Å². The summed E-state index contributed by atoms with van der Waals surface area (Å²) in [7, 11) is 1.44. The molecule has 0 saturated heterocycles. The number of hydrogen-bond donors (Lipinski definition) is 1. The number of ketones is 1. The Labute approximate surface area is 145 Å². The van der Waals surface area contributed by atoms with Crippen LogP contribution in [0.3, 0.4) is 0 Å². The number of aromatic nitrogens is 2. The molecule has 0 saturated carbocycles. The third kappa shape index (κ3) is 3.90. The minimum atomic E-state index is -0.203. The van der Waals surface area contributed by atoms with Crippen LogP contribution in [0, 0.1) is 0 Å². The molecule has 3 aromatic rings. The predicted octanol–water partition coefficient (Wildman–Crippen LogP) is 3.75. The van der Waals surface area contributed by atoms with Crippen LogP contribution in [0.25, 0.3) is 17.5 Å². The number of allylic oxidation sites excluding steroid dienone is 1. The van der Waals surface area contributed by atoms with Crippen molar-refractivity contribution >= 4 is 11.9 Å². The SMILES string of the molecule is COc1cc(C(=O)/C=C/c2cnc(-c3ccccc3)nc2)ccc1O. The summed E-state index contributed by atoms with van der Waals surface area (Å²) in [5.41, 5.74) is 2.08. The first-order valence-corrected chi connectivity index (χ1v) is 7.64. The molecule has 124 valence electrons. The Morgan fingerprint density at radius 3 is 2.48 bits per heavy atom. The molecular formula is C20H16N2O3. The number of benzene rings is 2. The van der Waals surface area contributed by atoms with E-state index in [9.17, 15) is 9.90 Å². The molecule has 1 N–H and O–H groups in total. The zero-order valence-corrected chi connectivity index (χ0v) is 13.6. The Balaban J connectivity index is 1.74. The second kappa shape index (κ2) is 7.40. The van der Waals surface area contributed by atoms with E-state index in [1.807, 2.05) is 30.3 Å². The zero-order chi connectivity index (χ0) is 17.6. The number of hydrogen-bond acceptors (Lipinski definition) is 5. The molecule has 0 aliphatic rings. The van der Waals surface area contributed by atoms with Crippen LogP contribution in [0.5, 0.6) is 11.5 Å². The highest BCUT2D eigenvalue weighted by Gasteiger charge is 2.07. The first kappa shape index (κ1) is 16.4. The van der Waals surface area contributed by atoms with E-state index in [0.29, 0.717) is 11.4 Å². The van der Waals surface area contributed by atoms with Crippen LogP contribution in [0.2, 0.25) is 0 Å². The van der Waals surface area contributed by atoms with Crippen LogP contribution in [0.4, 0.5) is 0 Å². The van der Waals surface area contributed by atoms with Gasteiger partial charge in [0.15, 0.2) is 23.1 Å². The lowest BCUT2D eigenvalue weighted by Crippen LogP contribution is -1.95. The van der Waals surface area contributed by atoms with E-state index in [4.69, 9.17) is 4.74 Å². The number of methoxy groups -OCH3 is 1. The fourth-order valence-electron chi connectivity index (χ4n) is 2.26. The maximum Gasteiger partial charge on any atom is 0.185 e. The highest BCUT2D eigenvalue weighted by molar-refractivity contribution is 6.07. The maximum absolute atomic E-state index is 12.2. The second-order valence-electron chi connectivity index (χ2n) is 5.29. The summed E-state index contributed by atoms with van der Waals surface area (Å²) in [6.45, 7) is 0. The number of ether oxygens (including phenoxy) is 1. The highest BCUT2D eigenvalue weighted by Crippen LogP contribution is 2.26. The van der Waals surface area contributed by atoms with E-state index in [-0.39, 0.29) is 17.3 Å². The second-order valence-corrected chi connectivity index (χ2v) is 5.29. The normalized spacial score (nSPS) is 10.8. The number of nitrogens with zero attached hydrogens (tertiary/aromatic N) is 2. The average Bonchev–Trinajstić information content (AvgIpc) is 2.67. The fourth-order valence-corrected chi connectivity index (χ4v) is 2.26. The minimum absolute atomic E-state index is 0.00655. The van der Waals surface area contributed by atoms with Crippen molar-refractivity contribution < 1.29 is 14.6 Å². The van der Waals surface area contributed by atoms with Crippen molar-refractivity contribution in [3.63, 3.8) is 0 Å². The van der Waals surface area contributed by atoms with Crippen molar-refractivity contribution in [1.82, 2.24) is 9.97 Å². The minimum Gasteiger partial charge on any atom is -0.504 e. The van der Waals surface area contributed by atoms with Gasteiger partial charge >= 0.3 is 0 Å². The molecule has 0 unspecified atom stereocenters. The molecular weight excluding hydrogens is 316 g/mol. The summed E-state index contributed by atoms with van der Waals surface area (Å²) in [5.74, 6) is 0.681. The summed E-state index contributed by atoms with van der Waals surface area (Å²) in [5, 5.41) is 9.57. The summed E-state index contributed by atoms with van der Waals surface area (Å²) < 4.78 is 5.01. The van der Waals surface area contributed by atoms with Crippen molar-refractivity contribution in [2.45, 2.75) is 0 Å². The Morgan fingerprint density at radius 1 is 1.08 bits per heavy atom. The number of aromatic hydroxyl groups is 1. The van der Waals surface area contributed by atoms with Crippen LogP contribution < -0.4 is 4.74 Å².